The largest absolute Gasteiger partial charge is 0.481 e. The summed E-state index contributed by atoms with van der Waals surface area (Å²) >= 11 is 0. The molecule has 126 valence electrons. The van der Waals surface area contributed by atoms with Gasteiger partial charge in [-0.2, -0.15) is 0 Å². The van der Waals surface area contributed by atoms with Gasteiger partial charge in [0.15, 0.2) is 0 Å². The maximum atomic E-state index is 11.2. The first-order valence-corrected chi connectivity index (χ1v) is 8.34. The molecular formula is C18H30O4. The van der Waals surface area contributed by atoms with Gasteiger partial charge in [-0.05, 0) is 19.8 Å². The number of carbonyl (C=O) groups excluding carboxylic acids is 1. The van der Waals surface area contributed by atoms with Gasteiger partial charge in [-0.1, -0.05) is 63.2 Å². The van der Waals surface area contributed by atoms with Crippen molar-refractivity contribution in [1.29, 1.82) is 0 Å². The molecule has 0 aliphatic heterocycles. The quantitative estimate of drug-likeness (QED) is 0.219. The van der Waals surface area contributed by atoms with Crippen molar-refractivity contribution < 1.29 is 19.4 Å². The molecule has 4 heteroatoms. The molecular weight excluding hydrogens is 280 g/mol. The number of allylic oxidation sites excluding steroid dienone is 3. The molecule has 0 saturated heterocycles. The summed E-state index contributed by atoms with van der Waals surface area (Å²) in [6.07, 6.45) is 16.8. The van der Waals surface area contributed by atoms with Crippen molar-refractivity contribution in [2.24, 2.45) is 0 Å². The number of hydrogen-bond acceptors (Lipinski definition) is 3. The second-order valence-electron chi connectivity index (χ2n) is 5.38. The van der Waals surface area contributed by atoms with Crippen LogP contribution in [0.3, 0.4) is 0 Å². The van der Waals surface area contributed by atoms with Crippen LogP contribution >= 0.6 is 0 Å². The van der Waals surface area contributed by atoms with E-state index >= 15 is 0 Å². The molecule has 0 aliphatic rings. The van der Waals surface area contributed by atoms with Crippen LogP contribution in [0.4, 0.5) is 0 Å². The van der Waals surface area contributed by atoms with Crippen LogP contribution in [0.1, 0.15) is 71.1 Å². The molecule has 0 aromatic rings. The molecule has 0 unspecified atom stereocenters. The topological polar surface area (TPSA) is 63.6 Å². The van der Waals surface area contributed by atoms with Crippen LogP contribution in [0.2, 0.25) is 0 Å². The van der Waals surface area contributed by atoms with Gasteiger partial charge in [0.05, 0.1) is 6.61 Å². The number of rotatable bonds is 14. The molecule has 0 aromatic heterocycles. The predicted molar refractivity (Wildman–Crippen MR) is 88.7 cm³/mol. The van der Waals surface area contributed by atoms with Crippen molar-refractivity contribution >= 4 is 11.9 Å². The van der Waals surface area contributed by atoms with Gasteiger partial charge in [0.2, 0.25) is 0 Å². The molecule has 0 fully saturated rings. The fraction of sp³-hybridized carbons (Fsp3) is 0.667. The van der Waals surface area contributed by atoms with Crippen molar-refractivity contribution in [1.82, 2.24) is 0 Å². The lowest BCUT2D eigenvalue weighted by atomic mass is 10.1. The smallest absolute Gasteiger partial charge is 0.330 e. The highest BCUT2D eigenvalue weighted by atomic mass is 16.5. The van der Waals surface area contributed by atoms with Crippen molar-refractivity contribution in [3.63, 3.8) is 0 Å². The number of carboxylic acid groups (broad SMARTS) is 1. The molecule has 0 radical (unpaired) electrons. The molecule has 0 atom stereocenters. The van der Waals surface area contributed by atoms with Crippen molar-refractivity contribution in [3.05, 3.63) is 24.3 Å². The monoisotopic (exact) mass is 310 g/mol. The first kappa shape index (κ1) is 20.4. The summed E-state index contributed by atoms with van der Waals surface area (Å²) in [6, 6.07) is 0. The Morgan fingerprint density at radius 2 is 1.41 bits per heavy atom. The Hall–Kier alpha value is -1.58. The highest BCUT2D eigenvalue weighted by molar-refractivity contribution is 5.82. The second kappa shape index (κ2) is 15.8. The molecule has 0 amide bonds. The minimum atomic E-state index is -0.696. The van der Waals surface area contributed by atoms with E-state index in [9.17, 15) is 9.59 Å². The third-order valence-electron chi connectivity index (χ3n) is 3.32. The van der Waals surface area contributed by atoms with Crippen LogP contribution in [-0.4, -0.2) is 23.7 Å². The maximum absolute atomic E-state index is 11.2. The summed E-state index contributed by atoms with van der Waals surface area (Å²) in [6.45, 7) is 2.39. The third-order valence-corrected chi connectivity index (χ3v) is 3.32. The van der Waals surface area contributed by atoms with E-state index in [4.69, 9.17) is 9.84 Å². The third kappa shape index (κ3) is 16.5. The highest BCUT2D eigenvalue weighted by Gasteiger charge is 1.98. The minimum absolute atomic E-state index is 0.278. The standard InChI is InChI=1S/C18H30O4/c1-2-3-11-15-18(21)22-16-13-10-8-6-4-5-7-9-12-14-17(19)20/h2-3,11,15H,4-10,12-14,16H2,1H3,(H,19,20)/b3-2+,15-11+. The number of esters is 1. The molecule has 22 heavy (non-hydrogen) atoms. The Bertz CT molecular complexity index is 345. The van der Waals surface area contributed by atoms with E-state index in [0.29, 0.717) is 13.0 Å². The van der Waals surface area contributed by atoms with E-state index in [1.165, 1.54) is 31.8 Å². The van der Waals surface area contributed by atoms with E-state index in [-0.39, 0.29) is 5.97 Å². The number of ether oxygens (including phenoxy) is 1. The zero-order valence-electron chi connectivity index (χ0n) is 13.8. The van der Waals surface area contributed by atoms with E-state index < -0.39 is 5.97 Å². The van der Waals surface area contributed by atoms with Crippen LogP contribution in [0.15, 0.2) is 24.3 Å². The van der Waals surface area contributed by atoms with Gasteiger partial charge in [0, 0.05) is 12.5 Å². The molecule has 1 N–H and O–H groups in total. The molecule has 0 saturated carbocycles. The number of unbranched alkanes of at least 4 members (excludes halogenated alkanes) is 8. The zero-order chi connectivity index (χ0) is 16.5. The molecule has 4 nitrogen and oxygen atoms in total. The Kier molecular flexibility index (Phi) is 14.7. The second-order valence-corrected chi connectivity index (χ2v) is 5.38. The number of carbonyl (C=O) groups is 2. The summed E-state index contributed by atoms with van der Waals surface area (Å²) in [5, 5.41) is 8.51. The number of hydrogen-bond donors (Lipinski definition) is 1. The summed E-state index contributed by atoms with van der Waals surface area (Å²) in [4.78, 5) is 21.6. The van der Waals surface area contributed by atoms with Gasteiger partial charge >= 0.3 is 11.9 Å². The van der Waals surface area contributed by atoms with Crippen LogP contribution in [0, 0.1) is 0 Å². The summed E-state index contributed by atoms with van der Waals surface area (Å²) in [5.41, 5.74) is 0. The lowest BCUT2D eigenvalue weighted by Gasteiger charge is -2.03. The molecule has 0 bridgehead atoms. The van der Waals surface area contributed by atoms with Crippen LogP contribution in [0.5, 0.6) is 0 Å². The van der Waals surface area contributed by atoms with Crippen LogP contribution in [-0.2, 0) is 14.3 Å². The Balaban J connectivity index is 3.20. The lowest BCUT2D eigenvalue weighted by Crippen LogP contribution is -2.02. The van der Waals surface area contributed by atoms with Crippen molar-refractivity contribution in [2.45, 2.75) is 71.1 Å². The molecule has 0 aliphatic carbocycles. The molecule has 0 heterocycles. The van der Waals surface area contributed by atoms with Gasteiger partial charge in [-0.15, -0.1) is 0 Å². The fourth-order valence-electron chi connectivity index (χ4n) is 2.08. The SMILES string of the molecule is C/C=C/C=C/C(=O)OCCCCCCCCCCCC(=O)O. The average molecular weight is 310 g/mol. The average Bonchev–Trinajstić information content (AvgIpc) is 2.48. The summed E-state index contributed by atoms with van der Waals surface area (Å²) < 4.78 is 5.07. The molecule has 0 rings (SSSR count). The van der Waals surface area contributed by atoms with Crippen LogP contribution in [0.25, 0.3) is 0 Å². The normalized spacial score (nSPS) is 11.3. The summed E-state index contributed by atoms with van der Waals surface area (Å²) in [7, 11) is 0. The van der Waals surface area contributed by atoms with Crippen LogP contribution < -0.4 is 0 Å². The van der Waals surface area contributed by atoms with E-state index in [1.54, 1.807) is 12.2 Å². The van der Waals surface area contributed by atoms with Gasteiger partial charge < -0.3 is 9.84 Å². The number of aliphatic carboxylic acids is 1. The Morgan fingerprint density at radius 3 is 1.95 bits per heavy atom. The van der Waals surface area contributed by atoms with Crippen molar-refractivity contribution in [2.75, 3.05) is 6.61 Å². The Morgan fingerprint density at radius 1 is 0.864 bits per heavy atom. The highest BCUT2D eigenvalue weighted by Crippen LogP contribution is 2.10. The van der Waals surface area contributed by atoms with E-state index in [2.05, 4.69) is 0 Å². The Labute approximate surface area is 134 Å². The van der Waals surface area contributed by atoms with Crippen molar-refractivity contribution in [3.8, 4) is 0 Å². The lowest BCUT2D eigenvalue weighted by molar-refractivity contribution is -0.138. The van der Waals surface area contributed by atoms with Gasteiger partial charge in [-0.3, -0.25) is 4.79 Å². The zero-order valence-corrected chi connectivity index (χ0v) is 13.8. The minimum Gasteiger partial charge on any atom is -0.481 e. The summed E-state index contributed by atoms with van der Waals surface area (Å²) in [5.74, 6) is -0.975. The predicted octanol–water partition coefficient (Wildman–Crippen LogP) is 4.65. The van der Waals surface area contributed by atoms with Gasteiger partial charge in [0.25, 0.3) is 0 Å². The first-order valence-electron chi connectivity index (χ1n) is 8.34. The first-order chi connectivity index (χ1) is 10.7. The van der Waals surface area contributed by atoms with E-state index in [0.717, 1.165) is 32.1 Å². The number of carboxylic acids is 1. The molecule has 0 aromatic carbocycles. The maximum Gasteiger partial charge on any atom is 0.330 e. The van der Waals surface area contributed by atoms with E-state index in [1.807, 2.05) is 13.0 Å². The molecule has 0 spiro atoms. The van der Waals surface area contributed by atoms with Gasteiger partial charge in [0.1, 0.15) is 0 Å². The fourth-order valence-corrected chi connectivity index (χ4v) is 2.08. The van der Waals surface area contributed by atoms with Gasteiger partial charge in [-0.25, -0.2) is 4.79 Å².